The van der Waals surface area contributed by atoms with Crippen LogP contribution in [0.3, 0.4) is 0 Å². The monoisotopic (exact) mass is 222 g/mol. The van der Waals surface area contributed by atoms with Gasteiger partial charge in [0.1, 0.15) is 11.6 Å². The van der Waals surface area contributed by atoms with E-state index in [1.165, 1.54) is 6.20 Å². The highest BCUT2D eigenvalue weighted by atomic mass is 16.3. The van der Waals surface area contributed by atoms with E-state index in [4.69, 9.17) is 5.73 Å². The van der Waals surface area contributed by atoms with Gasteiger partial charge in [0.2, 0.25) is 0 Å². The minimum absolute atomic E-state index is 0.405. The quantitative estimate of drug-likeness (QED) is 0.791. The average Bonchev–Trinajstić information content (AvgIpc) is 2.65. The van der Waals surface area contributed by atoms with Crippen LogP contribution in [0.2, 0.25) is 0 Å². The Labute approximate surface area is 95.3 Å². The lowest BCUT2D eigenvalue weighted by Crippen LogP contribution is -2.39. The molecule has 0 bridgehead atoms. The molecule has 1 aliphatic carbocycles. The summed E-state index contributed by atoms with van der Waals surface area (Å²) in [5.74, 6) is 1.11. The highest BCUT2D eigenvalue weighted by Crippen LogP contribution is 2.30. The molecule has 2 rings (SSSR count). The molecular formula is C11H18N4O. The summed E-state index contributed by atoms with van der Waals surface area (Å²) in [5, 5.41) is 10.3. The molecule has 16 heavy (non-hydrogen) atoms. The minimum atomic E-state index is -0.568. The number of rotatable bonds is 3. The summed E-state index contributed by atoms with van der Waals surface area (Å²) in [6.45, 7) is 0.588. The Balaban J connectivity index is 2.05. The van der Waals surface area contributed by atoms with Gasteiger partial charge in [-0.15, -0.1) is 0 Å². The van der Waals surface area contributed by atoms with Gasteiger partial charge >= 0.3 is 0 Å². The normalized spacial score (nSPS) is 18.6. The topological polar surface area (TPSA) is 75.3 Å². The van der Waals surface area contributed by atoms with Crippen molar-refractivity contribution in [1.82, 2.24) is 9.97 Å². The first-order valence-electron chi connectivity index (χ1n) is 5.60. The van der Waals surface area contributed by atoms with E-state index in [0.717, 1.165) is 25.7 Å². The summed E-state index contributed by atoms with van der Waals surface area (Å²) in [5.41, 5.74) is 5.01. The molecular weight excluding hydrogens is 204 g/mol. The molecule has 88 valence electrons. The van der Waals surface area contributed by atoms with Gasteiger partial charge in [-0.3, -0.25) is 4.98 Å². The maximum Gasteiger partial charge on any atom is 0.149 e. The number of aromatic nitrogens is 2. The second-order valence-corrected chi connectivity index (χ2v) is 4.59. The largest absolute Gasteiger partial charge is 0.388 e. The average molecular weight is 222 g/mol. The zero-order valence-electron chi connectivity index (χ0n) is 9.56. The molecule has 0 aliphatic heterocycles. The van der Waals surface area contributed by atoms with Crippen LogP contribution in [0.5, 0.6) is 0 Å². The Morgan fingerprint density at radius 3 is 2.75 bits per heavy atom. The van der Waals surface area contributed by atoms with Crippen LogP contribution < -0.4 is 10.6 Å². The second kappa shape index (κ2) is 4.25. The van der Waals surface area contributed by atoms with E-state index in [2.05, 4.69) is 9.97 Å². The zero-order chi connectivity index (χ0) is 11.6. The SMILES string of the molecule is CN(CC1(O)CCCC1)c1cncc(N)n1. The van der Waals surface area contributed by atoms with E-state index in [1.807, 2.05) is 11.9 Å². The van der Waals surface area contributed by atoms with Crippen LogP contribution in [0.25, 0.3) is 0 Å². The number of aliphatic hydroxyl groups is 1. The summed E-state index contributed by atoms with van der Waals surface area (Å²) in [7, 11) is 1.90. The van der Waals surface area contributed by atoms with Crippen LogP contribution in [0.1, 0.15) is 25.7 Å². The van der Waals surface area contributed by atoms with Crippen LogP contribution in [0, 0.1) is 0 Å². The Hall–Kier alpha value is -1.36. The van der Waals surface area contributed by atoms with Gasteiger partial charge < -0.3 is 15.7 Å². The van der Waals surface area contributed by atoms with E-state index >= 15 is 0 Å². The Kier molecular flexibility index (Phi) is 2.96. The predicted octanol–water partition coefficient (Wildman–Crippen LogP) is 0.800. The molecule has 1 aliphatic rings. The molecule has 0 saturated heterocycles. The van der Waals surface area contributed by atoms with Crippen LogP contribution >= 0.6 is 0 Å². The Bertz CT molecular complexity index is 363. The van der Waals surface area contributed by atoms with Crippen LogP contribution in [0.15, 0.2) is 12.4 Å². The lowest BCUT2D eigenvalue weighted by Gasteiger charge is -2.29. The Morgan fingerprint density at radius 1 is 1.44 bits per heavy atom. The predicted molar refractivity (Wildman–Crippen MR) is 63.1 cm³/mol. The van der Waals surface area contributed by atoms with Crippen molar-refractivity contribution in [2.24, 2.45) is 0 Å². The van der Waals surface area contributed by atoms with Gasteiger partial charge in [0, 0.05) is 13.6 Å². The Morgan fingerprint density at radius 2 is 2.12 bits per heavy atom. The number of anilines is 2. The van der Waals surface area contributed by atoms with E-state index in [-0.39, 0.29) is 0 Å². The molecule has 1 saturated carbocycles. The smallest absolute Gasteiger partial charge is 0.149 e. The van der Waals surface area contributed by atoms with Crippen molar-refractivity contribution in [3.05, 3.63) is 12.4 Å². The van der Waals surface area contributed by atoms with E-state index in [0.29, 0.717) is 18.2 Å². The molecule has 0 spiro atoms. The van der Waals surface area contributed by atoms with Crippen molar-refractivity contribution >= 4 is 11.6 Å². The molecule has 0 aromatic carbocycles. The van der Waals surface area contributed by atoms with Gasteiger partial charge in [-0.1, -0.05) is 12.8 Å². The number of nitrogens with two attached hydrogens (primary N) is 1. The molecule has 1 fully saturated rings. The zero-order valence-corrected chi connectivity index (χ0v) is 9.56. The number of nitrogens with zero attached hydrogens (tertiary/aromatic N) is 3. The third-order valence-electron chi connectivity index (χ3n) is 3.10. The van der Waals surface area contributed by atoms with Crippen LogP contribution in [0.4, 0.5) is 11.6 Å². The van der Waals surface area contributed by atoms with Crippen LogP contribution in [-0.2, 0) is 0 Å². The first-order chi connectivity index (χ1) is 7.59. The molecule has 5 nitrogen and oxygen atoms in total. The van der Waals surface area contributed by atoms with Crippen molar-refractivity contribution in [2.45, 2.75) is 31.3 Å². The maximum absolute atomic E-state index is 10.3. The molecule has 0 atom stereocenters. The summed E-state index contributed by atoms with van der Waals surface area (Å²) in [6, 6.07) is 0. The maximum atomic E-state index is 10.3. The molecule has 1 heterocycles. The van der Waals surface area contributed by atoms with Crippen LogP contribution in [-0.4, -0.2) is 34.3 Å². The second-order valence-electron chi connectivity index (χ2n) is 4.59. The van der Waals surface area contributed by atoms with Crippen molar-refractivity contribution in [1.29, 1.82) is 0 Å². The summed E-state index contributed by atoms with van der Waals surface area (Å²) >= 11 is 0. The summed E-state index contributed by atoms with van der Waals surface area (Å²) < 4.78 is 0. The van der Waals surface area contributed by atoms with Crippen molar-refractivity contribution in [2.75, 3.05) is 24.2 Å². The van der Waals surface area contributed by atoms with Gasteiger partial charge in [-0.2, -0.15) is 0 Å². The fraction of sp³-hybridized carbons (Fsp3) is 0.636. The molecule has 1 aromatic heterocycles. The molecule has 1 aromatic rings. The molecule has 0 amide bonds. The molecule has 5 heteroatoms. The van der Waals surface area contributed by atoms with Gasteiger partial charge in [-0.05, 0) is 12.8 Å². The molecule has 0 unspecified atom stereocenters. The first-order valence-corrected chi connectivity index (χ1v) is 5.60. The van der Waals surface area contributed by atoms with E-state index in [9.17, 15) is 5.11 Å². The first kappa shape index (κ1) is 11.1. The number of hydrogen-bond donors (Lipinski definition) is 2. The van der Waals surface area contributed by atoms with Crippen molar-refractivity contribution in [3.8, 4) is 0 Å². The standard InChI is InChI=1S/C11H18N4O/c1-15(8-11(16)4-2-3-5-11)10-7-13-6-9(12)14-10/h6-7,16H,2-5,8H2,1H3,(H2,12,14). The molecule has 3 N–H and O–H groups in total. The van der Waals surface area contributed by atoms with Gasteiger partial charge in [0.15, 0.2) is 0 Å². The molecule has 0 radical (unpaired) electrons. The highest BCUT2D eigenvalue weighted by Gasteiger charge is 2.32. The summed E-state index contributed by atoms with van der Waals surface area (Å²) in [4.78, 5) is 10.1. The van der Waals surface area contributed by atoms with Gasteiger partial charge in [-0.25, -0.2) is 4.98 Å². The van der Waals surface area contributed by atoms with Crippen molar-refractivity contribution in [3.63, 3.8) is 0 Å². The number of hydrogen-bond acceptors (Lipinski definition) is 5. The fourth-order valence-corrected chi connectivity index (χ4v) is 2.27. The van der Waals surface area contributed by atoms with Gasteiger partial charge in [0.25, 0.3) is 0 Å². The number of nitrogen functional groups attached to an aromatic ring is 1. The fourth-order valence-electron chi connectivity index (χ4n) is 2.27. The lowest BCUT2D eigenvalue weighted by molar-refractivity contribution is 0.0558. The van der Waals surface area contributed by atoms with E-state index < -0.39 is 5.60 Å². The third kappa shape index (κ3) is 2.41. The van der Waals surface area contributed by atoms with Gasteiger partial charge in [0.05, 0.1) is 18.0 Å². The number of likely N-dealkylation sites (N-methyl/N-ethyl adjacent to an activating group) is 1. The van der Waals surface area contributed by atoms with Crippen molar-refractivity contribution < 1.29 is 5.11 Å². The lowest BCUT2D eigenvalue weighted by atomic mass is 10.0. The third-order valence-corrected chi connectivity index (χ3v) is 3.10. The highest BCUT2D eigenvalue weighted by molar-refractivity contribution is 5.40. The minimum Gasteiger partial charge on any atom is -0.388 e. The summed E-state index contributed by atoms with van der Waals surface area (Å²) in [6.07, 6.45) is 7.12. The van der Waals surface area contributed by atoms with E-state index in [1.54, 1.807) is 6.20 Å².